The van der Waals surface area contributed by atoms with Gasteiger partial charge in [0.05, 0.1) is 22.8 Å². The van der Waals surface area contributed by atoms with Gasteiger partial charge < -0.3 is 10.4 Å². The minimum atomic E-state index is -1.02. The number of rotatable bonds is 6. The van der Waals surface area contributed by atoms with Crippen molar-refractivity contribution in [3.63, 3.8) is 0 Å². The number of nitriles is 1. The first-order valence-electron chi connectivity index (χ1n) is 10.1. The normalized spacial score (nSPS) is 11.5. The zero-order valence-corrected chi connectivity index (χ0v) is 18.1. The van der Waals surface area contributed by atoms with Gasteiger partial charge in [-0.05, 0) is 35.9 Å². The van der Waals surface area contributed by atoms with Gasteiger partial charge in [-0.2, -0.15) is 5.26 Å². The molecular formula is C26H18ClN3O3. The Morgan fingerprint density at radius 1 is 1.00 bits per heavy atom. The first kappa shape index (κ1) is 22.0. The smallest absolute Gasteiger partial charge is 0.336 e. The number of nitrogens with one attached hydrogen (secondary N) is 1. The molecule has 0 saturated heterocycles. The summed E-state index contributed by atoms with van der Waals surface area (Å²) in [6, 6.07) is 24.6. The summed E-state index contributed by atoms with van der Waals surface area (Å²) in [7, 11) is 0. The molecule has 2 N–H and O–H groups in total. The van der Waals surface area contributed by atoms with Crippen molar-refractivity contribution in [3.8, 4) is 17.3 Å². The third kappa shape index (κ3) is 4.84. The Bertz CT molecular complexity index is 1390. The van der Waals surface area contributed by atoms with Crippen LogP contribution in [-0.2, 0) is 6.42 Å². The van der Waals surface area contributed by atoms with E-state index in [-0.39, 0.29) is 17.9 Å². The van der Waals surface area contributed by atoms with E-state index in [9.17, 15) is 14.7 Å². The van der Waals surface area contributed by atoms with E-state index < -0.39 is 11.3 Å². The van der Waals surface area contributed by atoms with Crippen LogP contribution in [0.2, 0.25) is 0 Å². The molecule has 33 heavy (non-hydrogen) atoms. The van der Waals surface area contributed by atoms with Crippen LogP contribution in [0.4, 0.5) is 5.69 Å². The topological polar surface area (TPSA) is 103 Å². The lowest BCUT2D eigenvalue weighted by atomic mass is 10.0. The van der Waals surface area contributed by atoms with Crippen LogP contribution in [0.15, 0.2) is 78.9 Å². The number of halogens is 1. The molecule has 0 aliphatic rings. The molecule has 4 rings (SSSR count). The Morgan fingerprint density at radius 2 is 1.70 bits per heavy atom. The monoisotopic (exact) mass is 455 g/mol. The Morgan fingerprint density at radius 3 is 2.42 bits per heavy atom. The number of benzene rings is 3. The lowest BCUT2D eigenvalue weighted by Crippen LogP contribution is -2.15. The molecule has 1 unspecified atom stereocenters. The van der Waals surface area contributed by atoms with Crippen molar-refractivity contribution in [2.24, 2.45) is 0 Å². The predicted molar refractivity (Wildman–Crippen MR) is 127 cm³/mol. The number of amides is 1. The third-order valence-corrected chi connectivity index (χ3v) is 5.44. The van der Waals surface area contributed by atoms with Gasteiger partial charge in [0.2, 0.25) is 0 Å². The summed E-state index contributed by atoms with van der Waals surface area (Å²) in [5, 5.41) is 21.3. The maximum absolute atomic E-state index is 12.8. The number of carbonyl (C=O) groups excluding carboxylic acids is 1. The van der Waals surface area contributed by atoms with Gasteiger partial charge in [0.25, 0.3) is 5.91 Å². The minimum Gasteiger partial charge on any atom is -0.478 e. The molecule has 0 saturated carbocycles. The number of hydrogen-bond donors (Lipinski definition) is 2. The van der Waals surface area contributed by atoms with Crippen LogP contribution >= 0.6 is 11.6 Å². The fourth-order valence-corrected chi connectivity index (χ4v) is 3.75. The molecule has 1 heterocycles. The SMILES string of the molecule is N#CC(Cl)Cc1ccccc1C(=O)Nc1ccc(-c2cc(C(=O)O)c3ccccc3n2)cc1. The first-order chi connectivity index (χ1) is 16.0. The number of hydrogen-bond acceptors (Lipinski definition) is 4. The van der Waals surface area contributed by atoms with Gasteiger partial charge in [-0.15, -0.1) is 11.6 Å². The summed E-state index contributed by atoms with van der Waals surface area (Å²) in [5.41, 5.74) is 3.73. The molecule has 0 aliphatic carbocycles. The number of anilines is 1. The maximum Gasteiger partial charge on any atom is 0.336 e. The average Bonchev–Trinajstić information content (AvgIpc) is 2.84. The van der Waals surface area contributed by atoms with Gasteiger partial charge in [0.1, 0.15) is 5.38 Å². The van der Waals surface area contributed by atoms with Gasteiger partial charge in [-0.25, -0.2) is 9.78 Å². The van der Waals surface area contributed by atoms with Crippen LogP contribution in [0.1, 0.15) is 26.3 Å². The van der Waals surface area contributed by atoms with Crippen LogP contribution < -0.4 is 5.32 Å². The Kier molecular flexibility index (Phi) is 6.34. The molecule has 6 nitrogen and oxygen atoms in total. The highest BCUT2D eigenvalue weighted by Gasteiger charge is 2.15. The lowest BCUT2D eigenvalue weighted by molar-refractivity contribution is 0.0698. The van der Waals surface area contributed by atoms with Crippen molar-refractivity contribution >= 4 is 40.1 Å². The largest absolute Gasteiger partial charge is 0.478 e. The molecule has 4 aromatic rings. The number of pyridine rings is 1. The number of nitrogens with zero attached hydrogens (tertiary/aromatic N) is 2. The van der Waals surface area contributed by atoms with E-state index in [0.717, 1.165) is 5.56 Å². The highest BCUT2D eigenvalue weighted by molar-refractivity contribution is 6.22. The van der Waals surface area contributed by atoms with Crippen LogP contribution in [0, 0.1) is 11.3 Å². The fourth-order valence-electron chi connectivity index (χ4n) is 3.58. The number of carbonyl (C=O) groups is 2. The zero-order valence-electron chi connectivity index (χ0n) is 17.3. The molecule has 3 aromatic carbocycles. The molecular weight excluding hydrogens is 438 g/mol. The Hall–Kier alpha value is -4.21. The van der Waals surface area contributed by atoms with Crippen LogP contribution in [0.3, 0.4) is 0 Å². The number of aromatic carboxylic acids is 1. The molecule has 7 heteroatoms. The molecule has 1 atom stereocenters. The van der Waals surface area contributed by atoms with E-state index in [1.165, 1.54) is 0 Å². The van der Waals surface area contributed by atoms with E-state index >= 15 is 0 Å². The zero-order chi connectivity index (χ0) is 23.4. The second kappa shape index (κ2) is 9.51. The van der Waals surface area contributed by atoms with Gasteiger partial charge >= 0.3 is 5.97 Å². The standard InChI is InChI=1S/C26H18ClN3O3/c27-18(15-28)13-17-5-1-2-6-20(17)25(31)29-19-11-9-16(10-12-19)24-14-22(26(32)33)21-7-3-4-8-23(21)30-24/h1-12,14,18H,13H2,(H,29,31)(H,32,33). The minimum absolute atomic E-state index is 0.180. The molecule has 0 radical (unpaired) electrons. The lowest BCUT2D eigenvalue weighted by Gasteiger charge is -2.11. The summed E-state index contributed by atoms with van der Waals surface area (Å²) in [5.74, 6) is -1.33. The summed E-state index contributed by atoms with van der Waals surface area (Å²) in [6.45, 7) is 0. The first-order valence-corrected chi connectivity index (χ1v) is 10.6. The third-order valence-electron chi connectivity index (χ3n) is 5.19. The second-order valence-electron chi connectivity index (χ2n) is 7.37. The van der Waals surface area contributed by atoms with E-state index in [4.69, 9.17) is 16.9 Å². The van der Waals surface area contributed by atoms with E-state index in [1.807, 2.05) is 12.1 Å². The van der Waals surface area contributed by atoms with Gasteiger partial charge in [0, 0.05) is 28.6 Å². The number of para-hydroxylation sites is 1. The summed E-state index contributed by atoms with van der Waals surface area (Å²) < 4.78 is 0. The van der Waals surface area contributed by atoms with Crippen molar-refractivity contribution in [2.75, 3.05) is 5.32 Å². The van der Waals surface area contributed by atoms with Gasteiger partial charge in [-0.1, -0.05) is 48.5 Å². The van der Waals surface area contributed by atoms with Crippen molar-refractivity contribution in [1.82, 2.24) is 4.98 Å². The Balaban J connectivity index is 1.59. The summed E-state index contributed by atoms with van der Waals surface area (Å²) in [6.07, 6.45) is 0.264. The van der Waals surface area contributed by atoms with Crippen molar-refractivity contribution in [2.45, 2.75) is 11.8 Å². The van der Waals surface area contributed by atoms with Crippen molar-refractivity contribution in [3.05, 3.63) is 95.6 Å². The molecule has 0 fully saturated rings. The number of fused-ring (bicyclic) bond motifs is 1. The molecule has 162 valence electrons. The number of alkyl halides is 1. The second-order valence-corrected chi connectivity index (χ2v) is 7.89. The summed E-state index contributed by atoms with van der Waals surface area (Å²) >= 11 is 5.94. The van der Waals surface area contributed by atoms with Gasteiger partial charge in [0.15, 0.2) is 0 Å². The number of aromatic nitrogens is 1. The van der Waals surface area contributed by atoms with Crippen LogP contribution in [-0.4, -0.2) is 27.3 Å². The highest BCUT2D eigenvalue weighted by Crippen LogP contribution is 2.26. The average molecular weight is 456 g/mol. The van der Waals surface area contributed by atoms with E-state index in [1.54, 1.807) is 72.8 Å². The number of carboxylic acids is 1. The molecule has 0 spiro atoms. The quantitative estimate of drug-likeness (QED) is 0.372. The van der Waals surface area contributed by atoms with E-state index in [2.05, 4.69) is 10.3 Å². The van der Waals surface area contributed by atoms with Crippen molar-refractivity contribution in [1.29, 1.82) is 5.26 Å². The van der Waals surface area contributed by atoms with Gasteiger partial charge in [-0.3, -0.25) is 4.79 Å². The fraction of sp³-hybridized carbons (Fsp3) is 0.0769. The van der Waals surface area contributed by atoms with Crippen LogP contribution in [0.25, 0.3) is 22.2 Å². The Labute approximate surface area is 195 Å². The highest BCUT2D eigenvalue weighted by atomic mass is 35.5. The maximum atomic E-state index is 12.8. The molecule has 0 aliphatic heterocycles. The molecule has 1 aromatic heterocycles. The molecule has 0 bridgehead atoms. The summed E-state index contributed by atoms with van der Waals surface area (Å²) in [4.78, 5) is 29.1. The number of carboxylic acid groups (broad SMARTS) is 1. The molecule has 1 amide bonds. The van der Waals surface area contributed by atoms with E-state index in [0.29, 0.717) is 33.4 Å². The predicted octanol–water partition coefficient (Wildman–Crippen LogP) is 5.53. The van der Waals surface area contributed by atoms with Crippen molar-refractivity contribution < 1.29 is 14.7 Å². The van der Waals surface area contributed by atoms with Crippen LogP contribution in [0.5, 0.6) is 0 Å².